The van der Waals surface area contributed by atoms with Gasteiger partial charge in [0.1, 0.15) is 12.1 Å². The van der Waals surface area contributed by atoms with Crippen LogP contribution < -0.4 is 5.73 Å². The van der Waals surface area contributed by atoms with Crippen LogP contribution in [0.1, 0.15) is 29.8 Å². The molecule has 0 aliphatic heterocycles. The highest BCUT2D eigenvalue weighted by atomic mass is 15.3. The van der Waals surface area contributed by atoms with Gasteiger partial charge in [-0.3, -0.25) is 0 Å². The third kappa shape index (κ3) is 1.67. The van der Waals surface area contributed by atoms with Gasteiger partial charge in [-0.1, -0.05) is 0 Å². The molecular formula is C12H15N5. The number of hydrogen-bond acceptors (Lipinski definition) is 4. The molecule has 0 spiro atoms. The van der Waals surface area contributed by atoms with Gasteiger partial charge in [0, 0.05) is 23.0 Å². The first-order valence-electron chi connectivity index (χ1n) is 5.91. The van der Waals surface area contributed by atoms with E-state index in [9.17, 15) is 0 Å². The van der Waals surface area contributed by atoms with Crippen molar-refractivity contribution in [1.82, 2.24) is 19.7 Å². The summed E-state index contributed by atoms with van der Waals surface area (Å²) in [6.07, 6.45) is 6.11. The van der Waals surface area contributed by atoms with Crippen LogP contribution in [0.4, 0.5) is 5.82 Å². The van der Waals surface area contributed by atoms with Gasteiger partial charge in [0.2, 0.25) is 0 Å². The van der Waals surface area contributed by atoms with E-state index in [2.05, 4.69) is 15.1 Å². The van der Waals surface area contributed by atoms with E-state index in [0.29, 0.717) is 5.82 Å². The summed E-state index contributed by atoms with van der Waals surface area (Å²) in [5.74, 6) is 1.43. The van der Waals surface area contributed by atoms with Crippen molar-refractivity contribution in [3.05, 3.63) is 29.3 Å². The molecule has 0 amide bonds. The number of nitrogens with two attached hydrogens (primary N) is 1. The van der Waals surface area contributed by atoms with Crippen molar-refractivity contribution in [3.8, 4) is 5.82 Å². The molecule has 0 aromatic carbocycles. The lowest BCUT2D eigenvalue weighted by Gasteiger charge is -2.17. The van der Waals surface area contributed by atoms with Gasteiger partial charge in [0.15, 0.2) is 5.82 Å². The highest BCUT2D eigenvalue weighted by Gasteiger charge is 2.18. The highest BCUT2D eigenvalue weighted by Crippen LogP contribution is 2.24. The van der Waals surface area contributed by atoms with Crippen LogP contribution in [0.5, 0.6) is 0 Å². The van der Waals surface area contributed by atoms with E-state index in [1.807, 2.05) is 17.7 Å². The zero-order valence-electron chi connectivity index (χ0n) is 9.85. The molecule has 2 N–H and O–H groups in total. The average molecular weight is 229 g/mol. The Morgan fingerprint density at radius 1 is 1.24 bits per heavy atom. The van der Waals surface area contributed by atoms with E-state index in [-0.39, 0.29) is 0 Å². The molecule has 88 valence electrons. The third-order valence-corrected chi connectivity index (χ3v) is 3.21. The van der Waals surface area contributed by atoms with Crippen molar-refractivity contribution in [2.24, 2.45) is 0 Å². The molecule has 0 saturated heterocycles. The van der Waals surface area contributed by atoms with Crippen LogP contribution in [0.25, 0.3) is 5.82 Å². The predicted octanol–water partition coefficient (Wildman–Crippen LogP) is 1.43. The summed E-state index contributed by atoms with van der Waals surface area (Å²) in [6.45, 7) is 1.99. The Bertz CT molecular complexity index is 558. The molecule has 0 atom stereocenters. The quantitative estimate of drug-likeness (QED) is 0.803. The normalized spacial score (nSPS) is 14.6. The Kier molecular flexibility index (Phi) is 2.31. The number of nitrogens with zero attached hydrogens (tertiary/aromatic N) is 4. The Hall–Kier alpha value is -1.91. The molecule has 3 rings (SSSR count). The van der Waals surface area contributed by atoms with E-state index in [0.717, 1.165) is 30.0 Å². The molecule has 1 aliphatic rings. The van der Waals surface area contributed by atoms with E-state index >= 15 is 0 Å². The number of aryl methyl sites for hydroxylation is 2. The number of anilines is 1. The van der Waals surface area contributed by atoms with Crippen LogP contribution in [0, 0.1) is 6.92 Å². The second-order valence-electron chi connectivity index (χ2n) is 4.45. The van der Waals surface area contributed by atoms with Gasteiger partial charge in [0.25, 0.3) is 0 Å². The summed E-state index contributed by atoms with van der Waals surface area (Å²) in [6, 6.07) is 1.86. The highest BCUT2D eigenvalue weighted by molar-refractivity contribution is 5.41. The molecule has 0 radical (unpaired) electrons. The maximum atomic E-state index is 5.72. The molecule has 5 heteroatoms. The van der Waals surface area contributed by atoms with Gasteiger partial charge in [0.05, 0.1) is 0 Å². The van der Waals surface area contributed by atoms with Crippen LogP contribution in [-0.4, -0.2) is 19.7 Å². The Balaban J connectivity index is 2.17. The molecule has 5 nitrogen and oxygen atoms in total. The van der Waals surface area contributed by atoms with Crippen LogP contribution >= 0.6 is 0 Å². The SMILES string of the molecule is Cc1cc(N)nn1-c1ncnc2c1CCCC2. The van der Waals surface area contributed by atoms with Gasteiger partial charge in [-0.2, -0.15) is 0 Å². The fourth-order valence-electron chi connectivity index (χ4n) is 2.40. The average Bonchev–Trinajstić information content (AvgIpc) is 2.68. The number of fused-ring (bicyclic) bond motifs is 1. The molecule has 2 heterocycles. The summed E-state index contributed by atoms with van der Waals surface area (Å²) in [5, 5.41) is 4.29. The van der Waals surface area contributed by atoms with Crippen molar-refractivity contribution in [3.63, 3.8) is 0 Å². The summed E-state index contributed by atoms with van der Waals surface area (Å²) in [7, 11) is 0. The predicted molar refractivity (Wildman–Crippen MR) is 64.9 cm³/mol. The Morgan fingerprint density at radius 2 is 2.06 bits per heavy atom. The summed E-state index contributed by atoms with van der Waals surface area (Å²) in [5.41, 5.74) is 9.11. The van der Waals surface area contributed by atoms with E-state index in [1.54, 1.807) is 6.33 Å². The second-order valence-corrected chi connectivity index (χ2v) is 4.45. The maximum absolute atomic E-state index is 5.72. The number of aromatic nitrogens is 4. The number of hydrogen-bond donors (Lipinski definition) is 1. The topological polar surface area (TPSA) is 69.6 Å². The van der Waals surface area contributed by atoms with Crippen molar-refractivity contribution in [2.45, 2.75) is 32.6 Å². The molecule has 1 aliphatic carbocycles. The van der Waals surface area contributed by atoms with Gasteiger partial charge in [-0.25, -0.2) is 14.6 Å². The maximum Gasteiger partial charge on any atom is 0.160 e. The van der Waals surface area contributed by atoms with Crippen molar-refractivity contribution in [1.29, 1.82) is 0 Å². The van der Waals surface area contributed by atoms with E-state index in [1.165, 1.54) is 18.4 Å². The zero-order valence-corrected chi connectivity index (χ0v) is 9.85. The zero-order chi connectivity index (χ0) is 11.8. The minimum Gasteiger partial charge on any atom is -0.382 e. The van der Waals surface area contributed by atoms with Crippen molar-refractivity contribution < 1.29 is 0 Å². The lowest BCUT2D eigenvalue weighted by molar-refractivity contribution is 0.648. The number of nitrogen functional groups attached to an aromatic ring is 1. The summed E-state index contributed by atoms with van der Waals surface area (Å²) in [4.78, 5) is 8.73. The fraction of sp³-hybridized carbons (Fsp3) is 0.417. The van der Waals surface area contributed by atoms with Crippen LogP contribution in [0.15, 0.2) is 12.4 Å². The minimum atomic E-state index is 0.533. The molecule has 0 saturated carbocycles. The first-order valence-corrected chi connectivity index (χ1v) is 5.91. The molecular weight excluding hydrogens is 214 g/mol. The Labute approximate surface area is 99.7 Å². The lowest BCUT2D eigenvalue weighted by Crippen LogP contribution is -2.13. The summed E-state index contributed by atoms with van der Waals surface area (Å²) >= 11 is 0. The van der Waals surface area contributed by atoms with Crippen molar-refractivity contribution in [2.75, 3.05) is 5.73 Å². The largest absolute Gasteiger partial charge is 0.382 e. The third-order valence-electron chi connectivity index (χ3n) is 3.21. The van der Waals surface area contributed by atoms with E-state index in [4.69, 9.17) is 5.73 Å². The van der Waals surface area contributed by atoms with Gasteiger partial charge >= 0.3 is 0 Å². The molecule has 2 aromatic rings. The van der Waals surface area contributed by atoms with Crippen LogP contribution in [0.3, 0.4) is 0 Å². The summed E-state index contributed by atoms with van der Waals surface area (Å²) < 4.78 is 1.82. The monoisotopic (exact) mass is 229 g/mol. The number of rotatable bonds is 1. The Morgan fingerprint density at radius 3 is 2.82 bits per heavy atom. The van der Waals surface area contributed by atoms with E-state index < -0.39 is 0 Å². The molecule has 0 unspecified atom stereocenters. The minimum absolute atomic E-state index is 0.533. The molecule has 0 bridgehead atoms. The van der Waals surface area contributed by atoms with Crippen LogP contribution in [0.2, 0.25) is 0 Å². The van der Waals surface area contributed by atoms with Crippen molar-refractivity contribution >= 4 is 5.82 Å². The fourth-order valence-corrected chi connectivity index (χ4v) is 2.40. The van der Waals surface area contributed by atoms with Gasteiger partial charge in [-0.05, 0) is 32.6 Å². The van der Waals surface area contributed by atoms with Gasteiger partial charge < -0.3 is 5.73 Å². The second kappa shape index (κ2) is 3.84. The standard InChI is InChI=1S/C12H15N5/c1-8-6-11(13)16-17(8)12-9-4-2-3-5-10(9)14-7-15-12/h6-7H,2-5H2,1H3,(H2,13,16). The molecule has 2 aromatic heterocycles. The first-order chi connectivity index (χ1) is 8.25. The first kappa shape index (κ1) is 10.3. The smallest absolute Gasteiger partial charge is 0.160 e. The van der Waals surface area contributed by atoms with Gasteiger partial charge in [-0.15, -0.1) is 5.10 Å². The lowest BCUT2D eigenvalue weighted by atomic mass is 9.96. The molecule has 0 fully saturated rings. The van der Waals surface area contributed by atoms with Crippen LogP contribution in [-0.2, 0) is 12.8 Å². The molecule has 17 heavy (non-hydrogen) atoms.